The van der Waals surface area contributed by atoms with Gasteiger partial charge in [0.2, 0.25) is 0 Å². The standard InChI is InChI=1S/C16H13ClN2O3S/c1-21-12-6-7-13-14(8-12)23-16(18-13)19-15(20)9-22-11-4-2-10(17)3-5-11/h2-8H,9H2,1H3,(H,18,19,20). The first-order chi connectivity index (χ1) is 11.1. The highest BCUT2D eigenvalue weighted by atomic mass is 35.5. The lowest BCUT2D eigenvalue weighted by molar-refractivity contribution is -0.118. The Morgan fingerprint density at radius 1 is 1.22 bits per heavy atom. The second-order valence-electron chi connectivity index (χ2n) is 4.64. The van der Waals surface area contributed by atoms with Gasteiger partial charge in [0.25, 0.3) is 5.91 Å². The molecule has 0 spiro atoms. The molecule has 0 aliphatic carbocycles. The lowest BCUT2D eigenvalue weighted by Crippen LogP contribution is -2.19. The number of thiazole rings is 1. The quantitative estimate of drug-likeness (QED) is 0.757. The van der Waals surface area contributed by atoms with Crippen molar-refractivity contribution in [2.75, 3.05) is 19.0 Å². The third kappa shape index (κ3) is 3.91. The molecule has 23 heavy (non-hydrogen) atoms. The second-order valence-corrected chi connectivity index (χ2v) is 6.11. The maximum absolute atomic E-state index is 11.9. The van der Waals surface area contributed by atoms with Gasteiger partial charge in [-0.3, -0.25) is 10.1 Å². The molecule has 0 atom stereocenters. The Morgan fingerprint density at radius 3 is 2.70 bits per heavy atom. The van der Waals surface area contributed by atoms with Crippen LogP contribution in [0.15, 0.2) is 42.5 Å². The zero-order valence-electron chi connectivity index (χ0n) is 12.2. The van der Waals surface area contributed by atoms with Gasteiger partial charge in [-0.05, 0) is 42.5 Å². The van der Waals surface area contributed by atoms with E-state index in [-0.39, 0.29) is 12.5 Å². The molecule has 1 heterocycles. The van der Waals surface area contributed by atoms with E-state index in [1.54, 1.807) is 31.4 Å². The molecule has 0 fully saturated rings. The molecule has 1 aromatic heterocycles. The van der Waals surface area contributed by atoms with E-state index >= 15 is 0 Å². The van der Waals surface area contributed by atoms with Crippen LogP contribution in [0, 0.1) is 0 Å². The molecule has 7 heteroatoms. The number of methoxy groups -OCH3 is 1. The van der Waals surface area contributed by atoms with Crippen LogP contribution < -0.4 is 14.8 Å². The molecule has 118 valence electrons. The van der Waals surface area contributed by atoms with Gasteiger partial charge in [0.05, 0.1) is 17.3 Å². The van der Waals surface area contributed by atoms with Gasteiger partial charge in [-0.15, -0.1) is 0 Å². The molecular weight excluding hydrogens is 336 g/mol. The highest BCUT2D eigenvalue weighted by molar-refractivity contribution is 7.22. The summed E-state index contributed by atoms with van der Waals surface area (Å²) < 4.78 is 11.5. The van der Waals surface area contributed by atoms with E-state index in [1.807, 2.05) is 18.2 Å². The van der Waals surface area contributed by atoms with Crippen LogP contribution in [0.5, 0.6) is 11.5 Å². The zero-order chi connectivity index (χ0) is 16.2. The predicted molar refractivity (Wildman–Crippen MR) is 91.7 cm³/mol. The summed E-state index contributed by atoms with van der Waals surface area (Å²) in [5, 5.41) is 3.87. The first-order valence-corrected chi connectivity index (χ1v) is 7.96. The Hall–Kier alpha value is -2.31. The number of aromatic nitrogens is 1. The highest BCUT2D eigenvalue weighted by Gasteiger charge is 2.09. The number of benzene rings is 2. The smallest absolute Gasteiger partial charge is 0.264 e. The summed E-state index contributed by atoms with van der Waals surface area (Å²) in [6.07, 6.45) is 0. The number of amides is 1. The number of nitrogens with one attached hydrogen (secondary N) is 1. The molecule has 3 aromatic rings. The molecule has 3 rings (SSSR count). The second kappa shape index (κ2) is 6.85. The van der Waals surface area contributed by atoms with E-state index in [0.717, 1.165) is 16.0 Å². The van der Waals surface area contributed by atoms with Crippen molar-refractivity contribution in [3.8, 4) is 11.5 Å². The van der Waals surface area contributed by atoms with E-state index in [1.165, 1.54) is 11.3 Å². The average molecular weight is 349 g/mol. The Kier molecular flexibility index (Phi) is 4.64. The van der Waals surface area contributed by atoms with Crippen molar-refractivity contribution in [1.29, 1.82) is 0 Å². The number of carbonyl (C=O) groups excluding carboxylic acids is 1. The van der Waals surface area contributed by atoms with Crippen LogP contribution >= 0.6 is 22.9 Å². The van der Waals surface area contributed by atoms with E-state index < -0.39 is 0 Å². The van der Waals surface area contributed by atoms with Crippen LogP contribution in [-0.4, -0.2) is 24.6 Å². The van der Waals surface area contributed by atoms with E-state index in [0.29, 0.717) is 15.9 Å². The third-order valence-electron chi connectivity index (χ3n) is 3.03. The number of halogens is 1. The molecule has 1 amide bonds. The third-order valence-corrected chi connectivity index (χ3v) is 4.21. The zero-order valence-corrected chi connectivity index (χ0v) is 13.8. The van der Waals surface area contributed by atoms with Crippen molar-refractivity contribution >= 4 is 44.2 Å². The molecule has 0 unspecified atom stereocenters. The molecule has 0 radical (unpaired) electrons. The number of rotatable bonds is 5. The van der Waals surface area contributed by atoms with Crippen molar-refractivity contribution in [3.05, 3.63) is 47.5 Å². The predicted octanol–water partition coefficient (Wildman–Crippen LogP) is 3.98. The molecule has 2 aromatic carbocycles. The first kappa shape index (κ1) is 15.6. The van der Waals surface area contributed by atoms with Gasteiger partial charge in [0.1, 0.15) is 11.5 Å². The number of carbonyl (C=O) groups is 1. The van der Waals surface area contributed by atoms with E-state index in [9.17, 15) is 4.79 Å². The normalized spacial score (nSPS) is 10.5. The lowest BCUT2D eigenvalue weighted by atomic mass is 10.3. The van der Waals surface area contributed by atoms with E-state index in [2.05, 4.69) is 10.3 Å². The van der Waals surface area contributed by atoms with Gasteiger partial charge in [-0.1, -0.05) is 22.9 Å². The Bertz CT molecular complexity index is 833. The van der Waals surface area contributed by atoms with Crippen LogP contribution in [0.3, 0.4) is 0 Å². The van der Waals surface area contributed by atoms with Crippen LogP contribution in [-0.2, 0) is 4.79 Å². The van der Waals surface area contributed by atoms with Crippen molar-refractivity contribution in [1.82, 2.24) is 4.98 Å². The minimum absolute atomic E-state index is 0.0964. The molecular formula is C16H13ClN2O3S. The summed E-state index contributed by atoms with van der Waals surface area (Å²) in [7, 11) is 1.61. The van der Waals surface area contributed by atoms with E-state index in [4.69, 9.17) is 21.1 Å². The van der Waals surface area contributed by atoms with Gasteiger partial charge in [-0.25, -0.2) is 4.98 Å². The fourth-order valence-corrected chi connectivity index (χ4v) is 2.96. The van der Waals surface area contributed by atoms with Crippen molar-refractivity contribution < 1.29 is 14.3 Å². The number of fused-ring (bicyclic) bond motifs is 1. The van der Waals surface area contributed by atoms with Gasteiger partial charge in [0.15, 0.2) is 11.7 Å². The maximum atomic E-state index is 11.9. The van der Waals surface area contributed by atoms with Crippen LogP contribution in [0.2, 0.25) is 5.02 Å². The van der Waals surface area contributed by atoms with Crippen molar-refractivity contribution in [2.45, 2.75) is 0 Å². The topological polar surface area (TPSA) is 60.5 Å². The average Bonchev–Trinajstić information content (AvgIpc) is 2.95. The van der Waals surface area contributed by atoms with Crippen molar-refractivity contribution in [2.24, 2.45) is 0 Å². The minimum Gasteiger partial charge on any atom is -0.497 e. The van der Waals surface area contributed by atoms with Gasteiger partial charge in [-0.2, -0.15) is 0 Å². The van der Waals surface area contributed by atoms with Gasteiger partial charge >= 0.3 is 0 Å². The summed E-state index contributed by atoms with van der Waals surface area (Å²) >= 11 is 7.17. The molecule has 5 nitrogen and oxygen atoms in total. The number of ether oxygens (including phenoxy) is 2. The van der Waals surface area contributed by atoms with Crippen LogP contribution in [0.4, 0.5) is 5.13 Å². The maximum Gasteiger partial charge on any atom is 0.264 e. The SMILES string of the molecule is COc1ccc2nc(NC(=O)COc3ccc(Cl)cc3)sc2c1. The lowest BCUT2D eigenvalue weighted by Gasteiger charge is -2.05. The van der Waals surface area contributed by atoms with Crippen LogP contribution in [0.25, 0.3) is 10.2 Å². The van der Waals surface area contributed by atoms with Gasteiger partial charge in [0, 0.05) is 5.02 Å². The number of hydrogen-bond donors (Lipinski definition) is 1. The molecule has 1 N–H and O–H groups in total. The summed E-state index contributed by atoms with van der Waals surface area (Å²) in [5.74, 6) is 1.06. The Morgan fingerprint density at radius 2 is 1.96 bits per heavy atom. The van der Waals surface area contributed by atoms with Gasteiger partial charge < -0.3 is 9.47 Å². The number of anilines is 1. The molecule has 0 aliphatic rings. The number of nitrogens with zero attached hydrogens (tertiary/aromatic N) is 1. The summed E-state index contributed by atoms with van der Waals surface area (Å²) in [4.78, 5) is 16.3. The molecule has 0 bridgehead atoms. The number of hydrogen-bond acceptors (Lipinski definition) is 5. The molecule has 0 saturated heterocycles. The fourth-order valence-electron chi connectivity index (χ4n) is 1.92. The highest BCUT2D eigenvalue weighted by Crippen LogP contribution is 2.29. The largest absolute Gasteiger partial charge is 0.497 e. The summed E-state index contributed by atoms with van der Waals surface area (Å²) in [6, 6.07) is 12.4. The Balaban J connectivity index is 1.62. The van der Waals surface area contributed by atoms with Crippen molar-refractivity contribution in [3.63, 3.8) is 0 Å². The molecule has 0 aliphatic heterocycles. The Labute approximate surface area is 141 Å². The first-order valence-electron chi connectivity index (χ1n) is 6.77. The van der Waals surface area contributed by atoms with Crippen LogP contribution in [0.1, 0.15) is 0 Å². The summed E-state index contributed by atoms with van der Waals surface area (Å²) in [6.45, 7) is -0.0964. The monoisotopic (exact) mass is 348 g/mol. The minimum atomic E-state index is -0.272. The summed E-state index contributed by atoms with van der Waals surface area (Å²) in [5.41, 5.74) is 0.810. The fraction of sp³-hybridized carbons (Fsp3) is 0.125. The molecule has 0 saturated carbocycles.